The molecule has 2 heterocycles. The molecule has 0 saturated heterocycles. The minimum atomic E-state index is -0.313. The number of aryl methyl sites for hydroxylation is 1. The van der Waals surface area contributed by atoms with Crippen LogP contribution >= 0.6 is 0 Å². The minimum absolute atomic E-state index is 0.110. The van der Waals surface area contributed by atoms with Gasteiger partial charge in [0.15, 0.2) is 0 Å². The smallest absolute Gasteiger partial charge is 0.277 e. The summed E-state index contributed by atoms with van der Waals surface area (Å²) < 4.78 is 8.43. The number of carbonyl (C=O) groups is 1. The average molecular weight is 402 g/mol. The number of hydrogen-bond acceptors (Lipinski definition) is 4. The van der Waals surface area contributed by atoms with Gasteiger partial charge in [0.1, 0.15) is 17.8 Å². The molecule has 7 heteroatoms. The van der Waals surface area contributed by atoms with Crippen molar-refractivity contribution in [1.29, 1.82) is 0 Å². The molecule has 0 aliphatic carbocycles. The largest absolute Gasteiger partial charge is 0.492 e. The molecule has 4 rings (SSSR count). The third-order valence-corrected chi connectivity index (χ3v) is 4.73. The average Bonchev–Trinajstić information content (AvgIpc) is 3.17. The standard InChI is InChI=1S/C23H22N4O3/c1-3-30-21-7-5-4-6-18(21)24-22(28)15-26-12-13-27-20(23(26)29)14-19(25-27)17-10-8-16(2)9-11-17/h4-14H,3,15H2,1-2H3,(H,24,28). The van der Waals surface area contributed by atoms with E-state index in [1.165, 1.54) is 9.08 Å². The van der Waals surface area contributed by atoms with Gasteiger partial charge in [0.2, 0.25) is 5.91 Å². The van der Waals surface area contributed by atoms with Crippen molar-refractivity contribution in [3.8, 4) is 17.0 Å². The topological polar surface area (TPSA) is 77.6 Å². The van der Waals surface area contributed by atoms with Crippen LogP contribution in [-0.2, 0) is 11.3 Å². The molecule has 0 aliphatic rings. The van der Waals surface area contributed by atoms with Crippen molar-refractivity contribution in [3.05, 3.63) is 82.9 Å². The molecular formula is C23H22N4O3. The van der Waals surface area contributed by atoms with E-state index in [9.17, 15) is 9.59 Å². The molecule has 152 valence electrons. The molecule has 2 aromatic carbocycles. The molecule has 7 nitrogen and oxygen atoms in total. The quantitative estimate of drug-likeness (QED) is 0.535. The summed E-state index contributed by atoms with van der Waals surface area (Å²) >= 11 is 0. The van der Waals surface area contributed by atoms with E-state index in [-0.39, 0.29) is 18.0 Å². The number of rotatable bonds is 6. The number of amides is 1. The van der Waals surface area contributed by atoms with Crippen molar-refractivity contribution < 1.29 is 9.53 Å². The maximum absolute atomic E-state index is 12.9. The first-order valence-corrected chi connectivity index (χ1v) is 9.72. The van der Waals surface area contributed by atoms with E-state index in [4.69, 9.17) is 4.74 Å². The Morgan fingerprint density at radius 3 is 2.63 bits per heavy atom. The second-order valence-electron chi connectivity index (χ2n) is 6.93. The van der Waals surface area contributed by atoms with E-state index in [1.807, 2.05) is 50.2 Å². The Bertz CT molecular complexity index is 1260. The second kappa shape index (κ2) is 8.24. The van der Waals surface area contributed by atoms with Gasteiger partial charge in [-0.3, -0.25) is 9.59 Å². The summed E-state index contributed by atoms with van der Waals surface area (Å²) in [6.07, 6.45) is 3.24. The number of nitrogens with one attached hydrogen (secondary N) is 1. The van der Waals surface area contributed by atoms with Crippen LogP contribution in [0.4, 0.5) is 5.69 Å². The van der Waals surface area contributed by atoms with Gasteiger partial charge in [-0.15, -0.1) is 0 Å². The lowest BCUT2D eigenvalue weighted by molar-refractivity contribution is -0.116. The number of fused-ring (bicyclic) bond motifs is 1. The number of carbonyl (C=O) groups excluding carboxylic acids is 1. The SMILES string of the molecule is CCOc1ccccc1NC(=O)Cn1ccn2nc(-c3ccc(C)cc3)cc2c1=O. The van der Waals surface area contributed by atoms with E-state index in [0.29, 0.717) is 29.3 Å². The normalized spacial score (nSPS) is 10.9. The summed E-state index contributed by atoms with van der Waals surface area (Å²) in [5.74, 6) is 0.279. The first-order chi connectivity index (χ1) is 14.5. The molecule has 0 saturated carbocycles. The lowest BCUT2D eigenvalue weighted by Gasteiger charge is -2.12. The molecule has 1 N–H and O–H groups in total. The van der Waals surface area contributed by atoms with Gasteiger partial charge in [0.25, 0.3) is 5.56 Å². The van der Waals surface area contributed by atoms with Gasteiger partial charge >= 0.3 is 0 Å². The summed E-state index contributed by atoms with van der Waals surface area (Å²) in [6, 6.07) is 16.9. The maximum atomic E-state index is 12.9. The zero-order valence-corrected chi connectivity index (χ0v) is 16.8. The number of para-hydroxylation sites is 2. The fourth-order valence-corrected chi connectivity index (χ4v) is 3.21. The summed E-state index contributed by atoms with van der Waals surface area (Å²) in [6.45, 7) is 4.28. The van der Waals surface area contributed by atoms with Gasteiger partial charge in [-0.05, 0) is 32.0 Å². The molecular weight excluding hydrogens is 380 g/mol. The van der Waals surface area contributed by atoms with Crippen LogP contribution in [0.25, 0.3) is 16.8 Å². The Balaban J connectivity index is 1.57. The summed E-state index contributed by atoms with van der Waals surface area (Å²) in [5, 5.41) is 7.29. The Hall–Kier alpha value is -3.87. The van der Waals surface area contributed by atoms with Crippen LogP contribution in [-0.4, -0.2) is 26.7 Å². The second-order valence-corrected chi connectivity index (χ2v) is 6.93. The monoisotopic (exact) mass is 402 g/mol. The zero-order chi connectivity index (χ0) is 21.1. The number of benzene rings is 2. The van der Waals surface area contributed by atoms with Crippen LogP contribution in [0.2, 0.25) is 0 Å². The minimum Gasteiger partial charge on any atom is -0.492 e. The maximum Gasteiger partial charge on any atom is 0.277 e. The lowest BCUT2D eigenvalue weighted by atomic mass is 10.1. The number of nitrogens with zero attached hydrogens (tertiary/aromatic N) is 3. The van der Waals surface area contributed by atoms with Crippen LogP contribution in [0.5, 0.6) is 5.75 Å². The van der Waals surface area contributed by atoms with E-state index in [2.05, 4.69) is 10.4 Å². The molecule has 4 aromatic rings. The highest BCUT2D eigenvalue weighted by Gasteiger charge is 2.12. The summed E-state index contributed by atoms with van der Waals surface area (Å²) in [5.41, 5.74) is 3.50. The van der Waals surface area contributed by atoms with Crippen molar-refractivity contribution >= 4 is 17.1 Å². The first-order valence-electron chi connectivity index (χ1n) is 9.72. The van der Waals surface area contributed by atoms with Gasteiger partial charge in [-0.1, -0.05) is 42.0 Å². The van der Waals surface area contributed by atoms with Gasteiger partial charge in [0.05, 0.1) is 18.0 Å². The van der Waals surface area contributed by atoms with E-state index < -0.39 is 0 Å². The summed E-state index contributed by atoms with van der Waals surface area (Å²) in [4.78, 5) is 25.4. The highest BCUT2D eigenvalue weighted by atomic mass is 16.5. The molecule has 0 bridgehead atoms. The highest BCUT2D eigenvalue weighted by Crippen LogP contribution is 2.23. The van der Waals surface area contributed by atoms with Gasteiger partial charge in [-0.2, -0.15) is 5.10 Å². The van der Waals surface area contributed by atoms with Crippen molar-refractivity contribution in [2.75, 3.05) is 11.9 Å². The van der Waals surface area contributed by atoms with Crippen LogP contribution < -0.4 is 15.6 Å². The van der Waals surface area contributed by atoms with E-state index >= 15 is 0 Å². The highest BCUT2D eigenvalue weighted by molar-refractivity contribution is 5.92. The van der Waals surface area contributed by atoms with E-state index in [0.717, 1.165) is 11.1 Å². The lowest BCUT2D eigenvalue weighted by Crippen LogP contribution is -2.28. The molecule has 0 spiro atoms. The number of aromatic nitrogens is 3. The van der Waals surface area contributed by atoms with Crippen LogP contribution in [0, 0.1) is 6.92 Å². The predicted molar refractivity (Wildman–Crippen MR) is 116 cm³/mol. The molecule has 0 unspecified atom stereocenters. The summed E-state index contributed by atoms with van der Waals surface area (Å²) in [7, 11) is 0. The number of ether oxygens (including phenoxy) is 1. The molecule has 2 aromatic heterocycles. The van der Waals surface area contributed by atoms with Crippen molar-refractivity contribution in [1.82, 2.24) is 14.2 Å². The molecule has 0 aliphatic heterocycles. The first kappa shape index (κ1) is 19.4. The van der Waals surface area contributed by atoms with Crippen LogP contribution in [0.15, 0.2) is 71.8 Å². The molecule has 0 atom stereocenters. The molecule has 30 heavy (non-hydrogen) atoms. The van der Waals surface area contributed by atoms with Gasteiger partial charge in [0, 0.05) is 18.0 Å². The van der Waals surface area contributed by atoms with Crippen molar-refractivity contribution in [3.63, 3.8) is 0 Å². The van der Waals surface area contributed by atoms with Gasteiger partial charge < -0.3 is 14.6 Å². The molecule has 1 amide bonds. The molecule has 0 fully saturated rings. The predicted octanol–water partition coefficient (Wildman–Crippen LogP) is 3.51. The van der Waals surface area contributed by atoms with Crippen LogP contribution in [0.1, 0.15) is 12.5 Å². The Morgan fingerprint density at radius 1 is 1.10 bits per heavy atom. The van der Waals surface area contributed by atoms with E-state index in [1.54, 1.807) is 30.6 Å². The van der Waals surface area contributed by atoms with Gasteiger partial charge in [-0.25, -0.2) is 4.52 Å². The van der Waals surface area contributed by atoms with Crippen molar-refractivity contribution in [2.45, 2.75) is 20.4 Å². The fraction of sp³-hybridized carbons (Fsp3) is 0.174. The zero-order valence-electron chi connectivity index (χ0n) is 16.8. The number of hydrogen-bond donors (Lipinski definition) is 1. The Morgan fingerprint density at radius 2 is 1.87 bits per heavy atom. The number of anilines is 1. The van der Waals surface area contributed by atoms with Crippen molar-refractivity contribution in [2.24, 2.45) is 0 Å². The van der Waals surface area contributed by atoms with Crippen LogP contribution in [0.3, 0.4) is 0 Å². The Labute approximate surface area is 173 Å². The fourth-order valence-electron chi connectivity index (χ4n) is 3.21. The third-order valence-electron chi connectivity index (χ3n) is 4.73. The Kier molecular flexibility index (Phi) is 5.34. The third kappa shape index (κ3) is 3.96. The molecule has 0 radical (unpaired) electrons.